The molecule has 3 aromatic rings. The molecule has 0 radical (unpaired) electrons. The molecule has 1 amide bonds. The number of hydrogen-bond donors (Lipinski definition) is 2. The molecule has 3 rings (SSSR count). The van der Waals surface area contributed by atoms with E-state index in [1.165, 1.54) is 6.07 Å². The standard InChI is InChI=1S/C22H21ClN2O3S/c1-14-4-9-19(10-5-14)25-29(27,28)21-13-17(7-6-15(21)2)22(26)24-20-11-8-18(23)12-16(20)3/h4-13,25H,1-3H3,(H,24,26). The zero-order valence-corrected chi connectivity index (χ0v) is 17.9. The average molecular weight is 429 g/mol. The third kappa shape index (κ3) is 4.96. The van der Waals surface area contributed by atoms with Crippen molar-refractivity contribution in [3.63, 3.8) is 0 Å². The van der Waals surface area contributed by atoms with Gasteiger partial charge in [-0.3, -0.25) is 9.52 Å². The number of nitrogens with one attached hydrogen (secondary N) is 2. The van der Waals surface area contributed by atoms with Gasteiger partial charge >= 0.3 is 0 Å². The number of sulfonamides is 1. The highest BCUT2D eigenvalue weighted by atomic mass is 35.5. The number of aryl methyl sites for hydroxylation is 3. The SMILES string of the molecule is Cc1ccc(NS(=O)(=O)c2cc(C(=O)Nc3ccc(Cl)cc3C)ccc2C)cc1. The van der Waals surface area contributed by atoms with Crippen molar-refractivity contribution in [2.24, 2.45) is 0 Å². The molecule has 0 aromatic heterocycles. The van der Waals surface area contributed by atoms with Gasteiger partial charge in [-0.1, -0.05) is 35.4 Å². The van der Waals surface area contributed by atoms with Crippen molar-refractivity contribution in [1.82, 2.24) is 0 Å². The molecule has 0 saturated carbocycles. The molecule has 0 saturated heterocycles. The summed E-state index contributed by atoms with van der Waals surface area (Å²) in [5.74, 6) is -0.401. The van der Waals surface area contributed by atoms with E-state index in [1.807, 2.05) is 26.0 Å². The van der Waals surface area contributed by atoms with E-state index < -0.39 is 15.9 Å². The second kappa shape index (κ2) is 8.27. The van der Waals surface area contributed by atoms with E-state index >= 15 is 0 Å². The first-order chi connectivity index (χ1) is 13.7. The van der Waals surface area contributed by atoms with Crippen LogP contribution in [0.3, 0.4) is 0 Å². The van der Waals surface area contributed by atoms with Crippen molar-refractivity contribution >= 4 is 38.9 Å². The largest absolute Gasteiger partial charge is 0.322 e. The van der Waals surface area contributed by atoms with Crippen molar-refractivity contribution in [2.45, 2.75) is 25.7 Å². The quantitative estimate of drug-likeness (QED) is 0.577. The molecule has 0 bridgehead atoms. The fraction of sp³-hybridized carbons (Fsp3) is 0.136. The second-order valence-electron chi connectivity index (χ2n) is 6.87. The summed E-state index contributed by atoms with van der Waals surface area (Å²) in [6.45, 7) is 5.44. The van der Waals surface area contributed by atoms with Gasteiger partial charge in [0.2, 0.25) is 0 Å². The first-order valence-corrected chi connectivity index (χ1v) is 10.8. The molecule has 0 atom stereocenters. The van der Waals surface area contributed by atoms with E-state index in [1.54, 1.807) is 49.4 Å². The molecule has 0 heterocycles. The Kier molecular flexibility index (Phi) is 5.96. The van der Waals surface area contributed by atoms with Gasteiger partial charge in [0.25, 0.3) is 15.9 Å². The number of carbonyl (C=O) groups excluding carboxylic acids is 1. The van der Waals surface area contributed by atoms with Gasteiger partial charge in [-0.05, 0) is 74.4 Å². The predicted molar refractivity (Wildman–Crippen MR) is 117 cm³/mol. The van der Waals surface area contributed by atoms with E-state index in [-0.39, 0.29) is 10.5 Å². The van der Waals surface area contributed by atoms with E-state index in [0.29, 0.717) is 22.0 Å². The van der Waals surface area contributed by atoms with Gasteiger partial charge in [0.1, 0.15) is 0 Å². The summed E-state index contributed by atoms with van der Waals surface area (Å²) in [5.41, 5.74) is 3.70. The highest BCUT2D eigenvalue weighted by Crippen LogP contribution is 2.23. The summed E-state index contributed by atoms with van der Waals surface area (Å²) in [6.07, 6.45) is 0. The summed E-state index contributed by atoms with van der Waals surface area (Å²) in [7, 11) is -3.85. The molecule has 0 aliphatic heterocycles. The highest BCUT2D eigenvalue weighted by Gasteiger charge is 2.20. The molecule has 7 heteroatoms. The zero-order valence-electron chi connectivity index (χ0n) is 16.3. The number of anilines is 2. The van der Waals surface area contributed by atoms with Crippen LogP contribution < -0.4 is 10.0 Å². The molecule has 0 fully saturated rings. The Labute approximate surface area is 175 Å². The molecule has 2 N–H and O–H groups in total. The van der Waals surface area contributed by atoms with Crippen LogP contribution in [0, 0.1) is 20.8 Å². The maximum Gasteiger partial charge on any atom is 0.262 e. The zero-order chi connectivity index (χ0) is 21.2. The van der Waals surface area contributed by atoms with E-state index in [9.17, 15) is 13.2 Å². The van der Waals surface area contributed by atoms with Crippen LogP contribution in [0.5, 0.6) is 0 Å². The first-order valence-electron chi connectivity index (χ1n) is 8.93. The van der Waals surface area contributed by atoms with Crippen molar-refractivity contribution in [3.05, 3.63) is 87.9 Å². The van der Waals surface area contributed by atoms with Crippen LogP contribution >= 0.6 is 11.6 Å². The van der Waals surface area contributed by atoms with Crippen LogP contribution in [0.2, 0.25) is 5.02 Å². The molecular formula is C22H21ClN2O3S. The number of amides is 1. The van der Waals surface area contributed by atoms with Gasteiger partial charge in [-0.15, -0.1) is 0 Å². The predicted octanol–water partition coefficient (Wildman–Crippen LogP) is 5.32. The maximum atomic E-state index is 12.9. The summed E-state index contributed by atoms with van der Waals surface area (Å²) in [5, 5.41) is 3.37. The Hall–Kier alpha value is -2.83. The number of rotatable bonds is 5. The Morgan fingerprint density at radius 1 is 0.862 bits per heavy atom. The van der Waals surface area contributed by atoms with Crippen molar-refractivity contribution < 1.29 is 13.2 Å². The summed E-state index contributed by atoms with van der Waals surface area (Å²) >= 11 is 5.95. The van der Waals surface area contributed by atoms with Crippen LogP contribution in [-0.2, 0) is 10.0 Å². The first kappa shape index (κ1) is 20.9. The van der Waals surface area contributed by atoms with Crippen LogP contribution in [0.15, 0.2) is 65.6 Å². The van der Waals surface area contributed by atoms with E-state index in [2.05, 4.69) is 10.0 Å². The van der Waals surface area contributed by atoms with E-state index in [4.69, 9.17) is 11.6 Å². The van der Waals surface area contributed by atoms with Gasteiger partial charge in [-0.2, -0.15) is 0 Å². The van der Waals surface area contributed by atoms with Crippen molar-refractivity contribution in [2.75, 3.05) is 10.0 Å². The summed E-state index contributed by atoms with van der Waals surface area (Å²) < 4.78 is 28.3. The number of carbonyl (C=O) groups is 1. The fourth-order valence-electron chi connectivity index (χ4n) is 2.82. The van der Waals surface area contributed by atoms with E-state index in [0.717, 1.165) is 11.1 Å². The molecule has 0 aliphatic rings. The normalized spacial score (nSPS) is 11.2. The summed E-state index contributed by atoms with van der Waals surface area (Å²) in [6, 6.07) is 16.8. The van der Waals surface area contributed by atoms with Crippen LogP contribution in [0.4, 0.5) is 11.4 Å². The van der Waals surface area contributed by atoms with Crippen LogP contribution in [0.1, 0.15) is 27.0 Å². The van der Waals surface area contributed by atoms with Gasteiger partial charge < -0.3 is 5.32 Å². The molecule has 0 aliphatic carbocycles. The number of halogens is 1. The smallest absolute Gasteiger partial charge is 0.262 e. The van der Waals surface area contributed by atoms with Crippen LogP contribution in [0.25, 0.3) is 0 Å². The molecule has 5 nitrogen and oxygen atoms in total. The maximum absolute atomic E-state index is 12.9. The second-order valence-corrected chi connectivity index (χ2v) is 8.95. The number of hydrogen-bond acceptors (Lipinski definition) is 3. The molecule has 3 aromatic carbocycles. The molecular weight excluding hydrogens is 408 g/mol. The Morgan fingerprint density at radius 2 is 1.55 bits per heavy atom. The molecule has 29 heavy (non-hydrogen) atoms. The number of benzene rings is 3. The van der Waals surface area contributed by atoms with Crippen molar-refractivity contribution in [1.29, 1.82) is 0 Å². The summed E-state index contributed by atoms with van der Waals surface area (Å²) in [4.78, 5) is 12.7. The monoisotopic (exact) mass is 428 g/mol. The lowest BCUT2D eigenvalue weighted by Gasteiger charge is -2.13. The lowest BCUT2D eigenvalue weighted by atomic mass is 10.1. The fourth-order valence-corrected chi connectivity index (χ4v) is 4.38. The Morgan fingerprint density at radius 3 is 2.21 bits per heavy atom. The minimum absolute atomic E-state index is 0.0542. The van der Waals surface area contributed by atoms with Gasteiger partial charge in [-0.25, -0.2) is 8.42 Å². The van der Waals surface area contributed by atoms with Crippen molar-refractivity contribution in [3.8, 4) is 0 Å². The van der Waals surface area contributed by atoms with Crippen LogP contribution in [-0.4, -0.2) is 14.3 Å². The minimum atomic E-state index is -3.85. The average Bonchev–Trinajstić information content (AvgIpc) is 2.66. The minimum Gasteiger partial charge on any atom is -0.322 e. The third-order valence-corrected chi connectivity index (χ3v) is 6.24. The molecule has 0 unspecified atom stereocenters. The Bertz CT molecular complexity index is 1170. The Balaban J connectivity index is 1.88. The lowest BCUT2D eigenvalue weighted by molar-refractivity contribution is 0.102. The van der Waals surface area contributed by atoms with Gasteiger partial charge in [0.15, 0.2) is 0 Å². The molecule has 150 valence electrons. The topological polar surface area (TPSA) is 75.3 Å². The lowest BCUT2D eigenvalue weighted by Crippen LogP contribution is -2.17. The third-order valence-electron chi connectivity index (χ3n) is 4.48. The molecule has 0 spiro atoms. The van der Waals surface area contributed by atoms with Gasteiger partial charge in [0.05, 0.1) is 4.90 Å². The highest BCUT2D eigenvalue weighted by molar-refractivity contribution is 7.92. The van der Waals surface area contributed by atoms with Gasteiger partial charge in [0, 0.05) is 22.0 Å².